The normalized spacial score (nSPS) is 11.1. The molecule has 0 unspecified atom stereocenters. The van der Waals surface area contributed by atoms with Crippen LogP contribution in [0, 0.1) is 5.82 Å². The van der Waals surface area contributed by atoms with Crippen molar-refractivity contribution in [3.05, 3.63) is 89.2 Å². The van der Waals surface area contributed by atoms with Gasteiger partial charge in [0.25, 0.3) is 0 Å². The molecule has 0 N–H and O–H groups in total. The lowest BCUT2D eigenvalue weighted by molar-refractivity contribution is 0.290. The summed E-state index contributed by atoms with van der Waals surface area (Å²) >= 11 is 0. The van der Waals surface area contributed by atoms with Gasteiger partial charge >= 0.3 is 0 Å². The average Bonchev–Trinajstić information content (AvgIpc) is 2.91. The summed E-state index contributed by atoms with van der Waals surface area (Å²) in [5.74, 6) is 0.0683. The fraction of sp³-hybridized carbons (Fsp3) is 0.471. The van der Waals surface area contributed by atoms with Gasteiger partial charge in [-0.05, 0) is 65.6 Å². The predicted molar refractivity (Wildman–Crippen MR) is 152 cm³/mol. The van der Waals surface area contributed by atoms with Crippen molar-refractivity contribution in [1.29, 1.82) is 0 Å². The molecule has 0 atom stereocenters. The first kappa shape index (κ1) is 28.0. The molecule has 0 saturated carbocycles. The van der Waals surface area contributed by atoms with Gasteiger partial charge in [-0.1, -0.05) is 126 Å². The smallest absolute Gasteiger partial charge is 0.165 e. The highest BCUT2D eigenvalue weighted by Crippen LogP contribution is 2.24. The maximum Gasteiger partial charge on any atom is 0.165 e. The third-order valence-electron chi connectivity index (χ3n) is 7.02. The van der Waals surface area contributed by atoms with E-state index in [0.29, 0.717) is 12.4 Å². The van der Waals surface area contributed by atoms with Crippen molar-refractivity contribution in [3.8, 4) is 16.9 Å². The molecular formula is C34H45FO. The molecule has 1 nitrogen and oxygen atoms in total. The van der Waals surface area contributed by atoms with E-state index in [1.54, 1.807) is 12.1 Å². The van der Waals surface area contributed by atoms with E-state index in [1.807, 2.05) is 6.07 Å². The van der Waals surface area contributed by atoms with Crippen LogP contribution in [0.3, 0.4) is 0 Å². The van der Waals surface area contributed by atoms with E-state index in [-0.39, 0.29) is 5.82 Å². The fourth-order valence-corrected chi connectivity index (χ4v) is 4.68. The third kappa shape index (κ3) is 9.80. The highest BCUT2D eigenvalue weighted by atomic mass is 19.1. The minimum Gasteiger partial charge on any atom is -0.486 e. The van der Waals surface area contributed by atoms with Crippen molar-refractivity contribution in [1.82, 2.24) is 0 Å². The van der Waals surface area contributed by atoms with Crippen molar-refractivity contribution < 1.29 is 9.13 Å². The molecule has 194 valence electrons. The predicted octanol–water partition coefficient (Wildman–Crippen LogP) is 10.5. The van der Waals surface area contributed by atoms with Crippen LogP contribution in [0.2, 0.25) is 0 Å². The average molecular weight is 489 g/mol. The number of aryl methyl sites for hydroxylation is 2. The Morgan fingerprint density at radius 3 is 1.58 bits per heavy atom. The van der Waals surface area contributed by atoms with Gasteiger partial charge < -0.3 is 4.74 Å². The zero-order valence-electron chi connectivity index (χ0n) is 22.5. The van der Waals surface area contributed by atoms with E-state index in [1.165, 1.54) is 80.9 Å². The van der Waals surface area contributed by atoms with Crippen LogP contribution >= 0.6 is 0 Å². The van der Waals surface area contributed by atoms with Gasteiger partial charge in [-0.15, -0.1) is 0 Å². The summed E-state index contributed by atoms with van der Waals surface area (Å²) in [5.41, 5.74) is 5.93. The van der Waals surface area contributed by atoms with Gasteiger partial charge in [0.1, 0.15) is 6.61 Å². The Labute approximate surface area is 219 Å². The fourth-order valence-electron chi connectivity index (χ4n) is 4.68. The van der Waals surface area contributed by atoms with Crippen molar-refractivity contribution in [2.45, 2.75) is 104 Å². The van der Waals surface area contributed by atoms with E-state index in [9.17, 15) is 4.39 Å². The summed E-state index contributed by atoms with van der Waals surface area (Å²) in [6.45, 7) is 4.86. The molecule has 0 heterocycles. The van der Waals surface area contributed by atoms with Crippen LogP contribution in [0.4, 0.5) is 4.39 Å². The monoisotopic (exact) mass is 488 g/mol. The van der Waals surface area contributed by atoms with Gasteiger partial charge in [0, 0.05) is 0 Å². The highest BCUT2D eigenvalue weighted by molar-refractivity contribution is 5.64. The van der Waals surface area contributed by atoms with E-state index < -0.39 is 0 Å². The molecule has 0 spiro atoms. The first-order valence-corrected chi connectivity index (χ1v) is 14.3. The highest BCUT2D eigenvalue weighted by Gasteiger charge is 2.06. The Morgan fingerprint density at radius 2 is 1.00 bits per heavy atom. The van der Waals surface area contributed by atoms with Crippen molar-refractivity contribution >= 4 is 0 Å². The molecule has 0 radical (unpaired) electrons. The Balaban J connectivity index is 1.43. The second-order valence-corrected chi connectivity index (χ2v) is 10.1. The van der Waals surface area contributed by atoms with Crippen LogP contribution in [0.1, 0.15) is 101 Å². The second-order valence-electron chi connectivity index (χ2n) is 10.1. The Hall–Kier alpha value is -2.61. The number of unbranched alkanes of at least 4 members (excludes halogenated alkanes) is 9. The molecule has 0 amide bonds. The Kier molecular flexibility index (Phi) is 12.6. The summed E-state index contributed by atoms with van der Waals surface area (Å²) in [6, 6.07) is 22.7. The van der Waals surface area contributed by atoms with Crippen molar-refractivity contribution in [2.24, 2.45) is 0 Å². The van der Waals surface area contributed by atoms with Crippen LogP contribution < -0.4 is 4.74 Å². The van der Waals surface area contributed by atoms with Crippen LogP contribution in [0.5, 0.6) is 5.75 Å². The van der Waals surface area contributed by atoms with Gasteiger partial charge in [0.05, 0.1) is 0 Å². The Bertz CT molecular complexity index is 991. The standard InChI is InChI=1S/C34H45FO/c1-3-5-7-9-10-11-13-15-29-20-25-34(33(35)26-29)36-27-30-18-23-32(24-19-30)31-21-16-28(17-22-31)14-12-8-6-4-2/h16-26H,3-15,27H2,1-2H3. The quantitative estimate of drug-likeness (QED) is 0.172. The summed E-state index contributed by atoms with van der Waals surface area (Å²) in [5, 5.41) is 0. The Morgan fingerprint density at radius 1 is 0.528 bits per heavy atom. The maximum absolute atomic E-state index is 14.6. The topological polar surface area (TPSA) is 9.23 Å². The summed E-state index contributed by atoms with van der Waals surface area (Å²) in [4.78, 5) is 0. The minimum absolute atomic E-state index is 0.262. The van der Waals surface area contributed by atoms with Crippen molar-refractivity contribution in [2.75, 3.05) is 0 Å². The van der Waals surface area contributed by atoms with Gasteiger partial charge in [-0.25, -0.2) is 4.39 Å². The number of rotatable bonds is 17. The molecule has 0 aromatic heterocycles. The zero-order valence-corrected chi connectivity index (χ0v) is 22.5. The van der Waals surface area contributed by atoms with Crippen molar-refractivity contribution in [3.63, 3.8) is 0 Å². The molecule has 2 heteroatoms. The molecule has 3 rings (SSSR count). The van der Waals surface area contributed by atoms with Crippen LogP contribution in [0.25, 0.3) is 11.1 Å². The maximum atomic E-state index is 14.6. The molecule has 3 aromatic rings. The molecule has 0 fully saturated rings. The second kappa shape index (κ2) is 16.2. The zero-order chi connectivity index (χ0) is 25.4. The number of halogens is 1. The molecule has 3 aromatic carbocycles. The number of hydrogen-bond acceptors (Lipinski definition) is 1. The molecule has 0 aliphatic carbocycles. The van der Waals surface area contributed by atoms with Gasteiger partial charge in [-0.2, -0.15) is 0 Å². The molecular weight excluding hydrogens is 443 g/mol. The van der Waals surface area contributed by atoms with Gasteiger partial charge in [0.2, 0.25) is 0 Å². The van der Waals surface area contributed by atoms with E-state index >= 15 is 0 Å². The van der Waals surface area contributed by atoms with Gasteiger partial charge in [0.15, 0.2) is 11.6 Å². The molecule has 0 saturated heterocycles. The van der Waals surface area contributed by atoms with Gasteiger partial charge in [-0.3, -0.25) is 0 Å². The largest absolute Gasteiger partial charge is 0.486 e. The lowest BCUT2D eigenvalue weighted by Crippen LogP contribution is -1.98. The van der Waals surface area contributed by atoms with Crippen LogP contribution in [0.15, 0.2) is 66.7 Å². The first-order chi connectivity index (χ1) is 17.7. The SMILES string of the molecule is CCCCCCCCCc1ccc(OCc2ccc(-c3ccc(CCCCCC)cc3)cc2)c(F)c1. The van der Waals surface area contributed by atoms with Crippen LogP contribution in [-0.2, 0) is 19.4 Å². The van der Waals surface area contributed by atoms with E-state index in [0.717, 1.165) is 30.4 Å². The summed E-state index contributed by atoms with van der Waals surface area (Å²) in [7, 11) is 0. The van der Waals surface area contributed by atoms with E-state index in [2.05, 4.69) is 62.4 Å². The van der Waals surface area contributed by atoms with E-state index in [4.69, 9.17) is 4.74 Å². The number of benzene rings is 3. The molecule has 36 heavy (non-hydrogen) atoms. The summed E-state index contributed by atoms with van der Waals surface area (Å²) in [6.07, 6.45) is 16.2. The number of ether oxygens (including phenoxy) is 1. The van der Waals surface area contributed by atoms with Crippen LogP contribution in [-0.4, -0.2) is 0 Å². The number of hydrogen-bond donors (Lipinski definition) is 0. The molecule has 0 aliphatic heterocycles. The minimum atomic E-state index is -0.262. The summed E-state index contributed by atoms with van der Waals surface area (Å²) < 4.78 is 20.4. The lowest BCUT2D eigenvalue weighted by atomic mass is 10.0. The lowest BCUT2D eigenvalue weighted by Gasteiger charge is -2.10. The molecule has 0 aliphatic rings. The third-order valence-corrected chi connectivity index (χ3v) is 7.02. The molecule has 0 bridgehead atoms. The first-order valence-electron chi connectivity index (χ1n) is 14.3.